The summed E-state index contributed by atoms with van der Waals surface area (Å²) in [5.41, 5.74) is 0. The molecule has 0 aliphatic rings. The van der Waals surface area contributed by atoms with Crippen molar-refractivity contribution in [1.82, 2.24) is 0 Å². The van der Waals surface area contributed by atoms with Crippen molar-refractivity contribution in [3.8, 4) is 0 Å². The summed E-state index contributed by atoms with van der Waals surface area (Å²) in [6.07, 6.45) is 56.0. The van der Waals surface area contributed by atoms with E-state index in [1.807, 2.05) is 12.2 Å². The Bertz CT molecular complexity index is 1160. The third-order valence-corrected chi connectivity index (χ3v) is 10.9. The van der Waals surface area contributed by atoms with Crippen molar-refractivity contribution in [1.29, 1.82) is 0 Å². The molecule has 10 heteroatoms. The number of carbonyl (C=O) groups excluding carboxylic acids is 1. The molecule has 0 heterocycles. The monoisotopic (exact) mass is 865 g/mol. The van der Waals surface area contributed by atoms with Crippen molar-refractivity contribution in [2.24, 2.45) is 0 Å². The van der Waals surface area contributed by atoms with Crippen LogP contribution in [-0.4, -0.2) is 66.3 Å². The van der Waals surface area contributed by atoms with Crippen LogP contribution in [0.1, 0.15) is 194 Å². The maximum atomic E-state index is 12.6. The molecule has 348 valence electrons. The van der Waals surface area contributed by atoms with Gasteiger partial charge < -0.3 is 24.6 Å². The molecule has 3 unspecified atom stereocenters. The number of ether oxygens (including phenoxy) is 2. The summed E-state index contributed by atoms with van der Waals surface area (Å²) in [5, 5.41) is 18.4. The maximum absolute atomic E-state index is 12.6. The van der Waals surface area contributed by atoms with Crippen molar-refractivity contribution in [2.75, 3.05) is 33.0 Å². The number of hydrogen-bond acceptors (Lipinski definition) is 8. The first kappa shape index (κ1) is 57.9. The predicted octanol–water partition coefficient (Wildman–Crippen LogP) is 13.7. The fourth-order valence-electron chi connectivity index (χ4n) is 6.32. The smallest absolute Gasteiger partial charge is 0.457 e. The molecule has 3 N–H and O–H groups in total. The van der Waals surface area contributed by atoms with Gasteiger partial charge in [0.1, 0.15) is 12.2 Å². The number of allylic oxidation sites excluding steroid dienone is 12. The van der Waals surface area contributed by atoms with Gasteiger partial charge >= 0.3 is 13.8 Å². The number of aliphatic hydroxyl groups is 2. The fourth-order valence-corrected chi connectivity index (χ4v) is 7.11. The normalized spacial score (nSPS) is 14.6. The molecular weight excluding hydrogens is 776 g/mol. The van der Waals surface area contributed by atoms with Crippen LogP contribution in [0.5, 0.6) is 0 Å². The van der Waals surface area contributed by atoms with E-state index in [2.05, 4.69) is 74.6 Å². The fraction of sp³-hybridized carbons (Fsp3) is 0.740. The van der Waals surface area contributed by atoms with Crippen molar-refractivity contribution >= 4 is 13.8 Å². The molecule has 0 fully saturated rings. The van der Waals surface area contributed by atoms with Crippen LogP contribution in [0.2, 0.25) is 0 Å². The number of aliphatic hydroxyl groups excluding tert-OH is 2. The van der Waals surface area contributed by atoms with Crippen LogP contribution in [0.25, 0.3) is 0 Å². The van der Waals surface area contributed by atoms with Gasteiger partial charge in [-0.2, -0.15) is 0 Å². The van der Waals surface area contributed by atoms with E-state index in [9.17, 15) is 19.4 Å². The van der Waals surface area contributed by atoms with Gasteiger partial charge in [-0.15, -0.1) is 0 Å². The molecule has 0 amide bonds. The van der Waals surface area contributed by atoms with Gasteiger partial charge in [-0.25, -0.2) is 4.57 Å². The third-order valence-electron chi connectivity index (χ3n) is 9.92. The van der Waals surface area contributed by atoms with Gasteiger partial charge in [-0.3, -0.25) is 13.8 Å². The highest BCUT2D eigenvalue weighted by atomic mass is 31.2. The number of esters is 1. The number of rotatable bonds is 45. The topological polar surface area (TPSA) is 132 Å². The summed E-state index contributed by atoms with van der Waals surface area (Å²) in [6, 6.07) is 0. The second kappa shape index (κ2) is 46.4. The minimum Gasteiger partial charge on any atom is -0.457 e. The maximum Gasteiger partial charge on any atom is 0.472 e. The van der Waals surface area contributed by atoms with E-state index < -0.39 is 45.8 Å². The van der Waals surface area contributed by atoms with Crippen molar-refractivity contribution in [2.45, 2.75) is 206 Å². The largest absolute Gasteiger partial charge is 0.472 e. The molecule has 0 spiro atoms. The zero-order valence-electron chi connectivity index (χ0n) is 38.2. The molecule has 0 aliphatic carbocycles. The summed E-state index contributed by atoms with van der Waals surface area (Å²) in [5.74, 6) is -0.463. The van der Waals surface area contributed by atoms with Gasteiger partial charge in [0.2, 0.25) is 0 Å². The average Bonchev–Trinajstić information content (AvgIpc) is 3.24. The highest BCUT2D eigenvalue weighted by Gasteiger charge is 2.26. The van der Waals surface area contributed by atoms with Gasteiger partial charge in [0.25, 0.3) is 0 Å². The van der Waals surface area contributed by atoms with E-state index in [-0.39, 0.29) is 13.0 Å². The van der Waals surface area contributed by atoms with E-state index >= 15 is 0 Å². The second-order valence-electron chi connectivity index (χ2n) is 15.8. The molecule has 0 aromatic rings. The van der Waals surface area contributed by atoms with Crippen molar-refractivity contribution in [3.05, 3.63) is 72.9 Å². The summed E-state index contributed by atoms with van der Waals surface area (Å²) in [6.45, 7) is 3.32. The summed E-state index contributed by atoms with van der Waals surface area (Å²) >= 11 is 0. The summed E-state index contributed by atoms with van der Waals surface area (Å²) in [4.78, 5) is 22.6. The van der Waals surface area contributed by atoms with Gasteiger partial charge in [0, 0.05) is 13.0 Å². The van der Waals surface area contributed by atoms with E-state index in [1.54, 1.807) is 0 Å². The highest BCUT2D eigenvalue weighted by Crippen LogP contribution is 2.43. The number of phosphoric acid groups is 1. The molecule has 3 atom stereocenters. The van der Waals surface area contributed by atoms with Crippen molar-refractivity contribution < 1.29 is 43.0 Å². The SMILES string of the molecule is CC/C=C\C/C=C\C/C=C\C/C=C\C/C=C\C/C=C\CCC(=O)OC(COCCCCCCCCCCCCCCCCCCCCCC)COP(=O)(O)OCC(O)CO. The molecule has 0 saturated carbocycles. The molecule has 60 heavy (non-hydrogen) atoms. The molecule has 0 aromatic heterocycles. The molecule has 0 saturated heterocycles. The standard InChI is InChI=1S/C50H89O9P/c1-3-5-7-9-11-13-15-17-19-21-23-25-27-29-31-33-35-37-39-41-43-56-46-49(47-58-60(54,55)57-45-48(52)44-51)59-50(53)42-40-38-36-34-32-30-28-26-24-22-20-18-16-14-12-10-8-6-4-2/h6,8,12,14,18,20,24,26,30,32,36,38,48-49,51-52H,3-5,7,9-11,13,15-17,19,21-23,25,27-29,31,33-35,37,39-47H2,1-2H3,(H,54,55)/b8-6-,14-12-,20-18-,26-24-,32-30-,38-36-. The van der Waals surface area contributed by atoms with Crippen LogP contribution in [0.15, 0.2) is 72.9 Å². The lowest BCUT2D eigenvalue weighted by molar-refractivity contribution is -0.154. The predicted molar refractivity (Wildman–Crippen MR) is 251 cm³/mol. The van der Waals surface area contributed by atoms with Gasteiger partial charge in [-0.1, -0.05) is 209 Å². The zero-order valence-corrected chi connectivity index (χ0v) is 39.1. The van der Waals surface area contributed by atoms with Gasteiger partial charge in [-0.05, 0) is 51.4 Å². The first-order valence-corrected chi connectivity index (χ1v) is 25.4. The molecule has 0 aromatic carbocycles. The molecule has 0 bridgehead atoms. The number of hydrogen-bond donors (Lipinski definition) is 3. The number of phosphoric ester groups is 1. The first-order chi connectivity index (χ1) is 29.3. The second-order valence-corrected chi connectivity index (χ2v) is 17.2. The molecule has 0 radical (unpaired) electrons. The highest BCUT2D eigenvalue weighted by molar-refractivity contribution is 7.47. The van der Waals surface area contributed by atoms with E-state index in [4.69, 9.17) is 23.6 Å². The number of carbonyl (C=O) groups is 1. The minimum absolute atomic E-state index is 0.0179. The molecule has 0 aliphatic heterocycles. The Balaban J connectivity index is 4.22. The minimum atomic E-state index is -4.54. The van der Waals surface area contributed by atoms with Crippen LogP contribution < -0.4 is 0 Å². The van der Waals surface area contributed by atoms with Crippen molar-refractivity contribution in [3.63, 3.8) is 0 Å². The number of unbranched alkanes of at least 4 members (excludes halogenated alkanes) is 19. The third kappa shape index (κ3) is 45.4. The van der Waals surface area contributed by atoms with Crippen LogP contribution in [0.4, 0.5) is 0 Å². The van der Waals surface area contributed by atoms with Crippen LogP contribution >= 0.6 is 7.82 Å². The lowest BCUT2D eigenvalue weighted by atomic mass is 10.0. The van der Waals surface area contributed by atoms with E-state index in [1.165, 1.54) is 109 Å². The van der Waals surface area contributed by atoms with Crippen LogP contribution in [-0.2, 0) is 27.9 Å². The van der Waals surface area contributed by atoms with Crippen LogP contribution in [0.3, 0.4) is 0 Å². The van der Waals surface area contributed by atoms with Gasteiger partial charge in [0.15, 0.2) is 0 Å². The Hall–Kier alpha value is -2.10. The van der Waals surface area contributed by atoms with E-state index in [0.29, 0.717) is 13.0 Å². The average molecular weight is 865 g/mol. The van der Waals surface area contributed by atoms with E-state index in [0.717, 1.165) is 57.8 Å². The Morgan fingerprint density at radius 1 is 0.533 bits per heavy atom. The summed E-state index contributed by atoms with van der Waals surface area (Å²) < 4.78 is 33.4. The zero-order chi connectivity index (χ0) is 43.9. The van der Waals surface area contributed by atoms with Gasteiger partial charge in [0.05, 0.1) is 26.4 Å². The molecule has 9 nitrogen and oxygen atoms in total. The lowest BCUT2D eigenvalue weighted by Crippen LogP contribution is -2.29. The summed E-state index contributed by atoms with van der Waals surface area (Å²) in [7, 11) is -4.54. The first-order valence-electron chi connectivity index (χ1n) is 23.9. The van der Waals surface area contributed by atoms with Crippen LogP contribution in [0, 0.1) is 0 Å². The Morgan fingerprint density at radius 3 is 1.33 bits per heavy atom. The molecule has 0 rings (SSSR count). The lowest BCUT2D eigenvalue weighted by Gasteiger charge is -2.20. The Labute approximate surface area is 367 Å². The Morgan fingerprint density at radius 2 is 0.917 bits per heavy atom. The Kier molecular flexibility index (Phi) is 44.8. The molecular formula is C50H89O9P. The quantitative estimate of drug-likeness (QED) is 0.0237.